The highest BCUT2D eigenvalue weighted by molar-refractivity contribution is 9.10. The molecule has 2 aromatic rings. The van der Waals surface area contributed by atoms with Gasteiger partial charge >= 0.3 is 0 Å². The second kappa shape index (κ2) is 6.71. The number of para-hydroxylation sites is 1. The lowest BCUT2D eigenvalue weighted by molar-refractivity contribution is -0.116. The number of anilines is 1. The number of carbonyl (C=O) groups excluding carboxylic acids is 1. The minimum atomic E-state index is -0.427. The lowest BCUT2D eigenvalue weighted by Gasteiger charge is -2.41. The summed E-state index contributed by atoms with van der Waals surface area (Å²) >= 11 is 3.46. The highest BCUT2D eigenvalue weighted by Crippen LogP contribution is 2.49. The van der Waals surface area contributed by atoms with Gasteiger partial charge in [0.25, 0.3) is 0 Å². The predicted octanol–water partition coefficient (Wildman–Crippen LogP) is 4.51. The minimum Gasteiger partial charge on any atom is -0.383 e. The van der Waals surface area contributed by atoms with Crippen LogP contribution >= 0.6 is 15.9 Å². The van der Waals surface area contributed by atoms with Gasteiger partial charge in [-0.15, -0.1) is 0 Å². The molecule has 5 rings (SSSR count). The molecule has 0 radical (unpaired) electrons. The number of rotatable bonds is 1. The van der Waals surface area contributed by atoms with Crippen LogP contribution in [0.3, 0.4) is 0 Å². The van der Waals surface area contributed by atoms with E-state index in [1.165, 1.54) is 0 Å². The Morgan fingerprint density at radius 2 is 1.90 bits per heavy atom. The van der Waals surface area contributed by atoms with E-state index in [0.717, 1.165) is 39.8 Å². The van der Waals surface area contributed by atoms with E-state index in [1.807, 2.05) is 53.4 Å². The smallest absolute Gasteiger partial charge is 0.161 e. The van der Waals surface area contributed by atoms with Crippen molar-refractivity contribution in [2.75, 3.05) is 4.90 Å². The molecule has 0 aromatic heterocycles. The Morgan fingerprint density at radius 3 is 2.66 bits per heavy atom. The normalized spacial score (nSPS) is 20.6. The van der Waals surface area contributed by atoms with Crippen molar-refractivity contribution < 1.29 is 4.79 Å². The second-order valence-corrected chi connectivity index (χ2v) is 8.24. The number of benzene rings is 2. The van der Waals surface area contributed by atoms with Crippen LogP contribution in [0.5, 0.6) is 0 Å². The zero-order chi connectivity index (χ0) is 20.1. The Hall–Kier alpha value is -3.17. The first-order chi connectivity index (χ1) is 14.1. The van der Waals surface area contributed by atoms with Crippen LogP contribution in [0.25, 0.3) is 0 Å². The number of nitrogens with zero attached hydrogens (tertiary/aromatic N) is 3. The zero-order valence-corrected chi connectivity index (χ0v) is 17.1. The van der Waals surface area contributed by atoms with Crippen molar-refractivity contribution in [3.63, 3.8) is 0 Å². The Bertz CT molecular complexity index is 1180. The molecular formula is C23H17BrN4O. The summed E-state index contributed by atoms with van der Waals surface area (Å²) in [5.74, 6) is 0.598. The molecule has 2 aromatic carbocycles. The molecule has 0 saturated heterocycles. The number of ketones is 1. The quantitative estimate of drug-likeness (QED) is 0.700. The summed E-state index contributed by atoms with van der Waals surface area (Å²) in [7, 11) is 0. The molecule has 0 saturated carbocycles. The van der Waals surface area contributed by atoms with Gasteiger partial charge in [-0.3, -0.25) is 9.69 Å². The lowest BCUT2D eigenvalue weighted by Crippen LogP contribution is -2.39. The van der Waals surface area contributed by atoms with Crippen LogP contribution in [0.4, 0.5) is 5.69 Å². The van der Waals surface area contributed by atoms with Crippen molar-refractivity contribution in [1.82, 2.24) is 0 Å². The molecule has 3 aliphatic rings. The molecule has 1 atom stereocenters. The molecule has 0 amide bonds. The molecular weight excluding hydrogens is 428 g/mol. The van der Waals surface area contributed by atoms with E-state index < -0.39 is 5.92 Å². The molecule has 0 unspecified atom stereocenters. The third-order valence-corrected chi connectivity index (χ3v) is 6.23. The average Bonchev–Trinajstić information content (AvgIpc) is 2.74. The van der Waals surface area contributed by atoms with Gasteiger partial charge in [0, 0.05) is 27.7 Å². The summed E-state index contributed by atoms with van der Waals surface area (Å²) in [4.78, 5) is 19.7. The largest absolute Gasteiger partial charge is 0.383 e. The fourth-order valence-corrected chi connectivity index (χ4v) is 4.72. The van der Waals surface area contributed by atoms with Crippen LogP contribution in [0.2, 0.25) is 0 Å². The van der Waals surface area contributed by atoms with Crippen molar-refractivity contribution in [2.45, 2.75) is 25.2 Å². The molecule has 29 heavy (non-hydrogen) atoms. The Morgan fingerprint density at radius 1 is 1.14 bits per heavy atom. The predicted molar refractivity (Wildman–Crippen MR) is 115 cm³/mol. The van der Waals surface area contributed by atoms with Gasteiger partial charge < -0.3 is 5.73 Å². The van der Waals surface area contributed by atoms with Gasteiger partial charge in [-0.2, -0.15) is 5.26 Å². The van der Waals surface area contributed by atoms with E-state index in [1.54, 1.807) is 0 Å². The van der Waals surface area contributed by atoms with Gasteiger partial charge in [0.2, 0.25) is 0 Å². The fourth-order valence-electron chi connectivity index (χ4n) is 4.46. The van der Waals surface area contributed by atoms with Crippen LogP contribution in [0, 0.1) is 11.3 Å². The summed E-state index contributed by atoms with van der Waals surface area (Å²) in [6.45, 7) is 0. The maximum Gasteiger partial charge on any atom is 0.161 e. The Balaban J connectivity index is 1.83. The molecule has 0 spiro atoms. The van der Waals surface area contributed by atoms with Crippen LogP contribution in [0.1, 0.15) is 36.3 Å². The van der Waals surface area contributed by atoms with Gasteiger partial charge in [-0.05, 0) is 42.7 Å². The number of hydrogen-bond donors (Lipinski definition) is 1. The Kier molecular flexibility index (Phi) is 4.14. The van der Waals surface area contributed by atoms with Crippen molar-refractivity contribution in [3.05, 3.63) is 86.8 Å². The molecule has 2 heterocycles. The van der Waals surface area contributed by atoms with Crippen molar-refractivity contribution in [1.29, 1.82) is 5.26 Å². The number of nitriles is 1. The molecule has 2 N–H and O–H groups in total. The summed E-state index contributed by atoms with van der Waals surface area (Å²) in [5.41, 5.74) is 11.0. The average molecular weight is 445 g/mol. The Labute approximate surface area is 177 Å². The number of carbonyl (C=O) groups is 1. The van der Waals surface area contributed by atoms with E-state index >= 15 is 0 Å². The molecule has 0 bridgehead atoms. The van der Waals surface area contributed by atoms with Gasteiger partial charge in [0.1, 0.15) is 5.84 Å². The summed E-state index contributed by atoms with van der Waals surface area (Å²) < 4.78 is 0.947. The first-order valence-corrected chi connectivity index (χ1v) is 10.3. The number of nitrogens with two attached hydrogens (primary N) is 1. The molecule has 0 fully saturated rings. The fraction of sp³-hybridized carbons (Fsp3) is 0.174. The SMILES string of the molecule is N#CC1=C2N=C(N)c3ccccc3N2C2=C(C(=O)CCC2)[C@H]1c1ccc(Br)cc1. The van der Waals surface area contributed by atoms with Crippen LogP contribution in [-0.2, 0) is 4.79 Å². The van der Waals surface area contributed by atoms with Crippen LogP contribution in [-0.4, -0.2) is 11.6 Å². The van der Waals surface area contributed by atoms with Crippen LogP contribution in [0.15, 0.2) is 80.7 Å². The van der Waals surface area contributed by atoms with Crippen molar-refractivity contribution in [2.24, 2.45) is 10.7 Å². The number of fused-ring (bicyclic) bond motifs is 4. The molecule has 142 valence electrons. The number of halogens is 1. The van der Waals surface area contributed by atoms with Crippen LogP contribution < -0.4 is 10.6 Å². The number of hydrogen-bond acceptors (Lipinski definition) is 5. The monoisotopic (exact) mass is 444 g/mol. The highest BCUT2D eigenvalue weighted by Gasteiger charge is 2.42. The maximum absolute atomic E-state index is 13.1. The number of amidine groups is 1. The van der Waals surface area contributed by atoms with E-state index in [4.69, 9.17) is 5.73 Å². The van der Waals surface area contributed by atoms with Gasteiger partial charge in [-0.1, -0.05) is 40.2 Å². The van der Waals surface area contributed by atoms with Gasteiger partial charge in [0.15, 0.2) is 11.6 Å². The summed E-state index contributed by atoms with van der Waals surface area (Å²) in [5, 5.41) is 10.1. The van der Waals surface area contributed by atoms with Gasteiger partial charge in [0.05, 0.1) is 23.2 Å². The minimum absolute atomic E-state index is 0.103. The number of allylic oxidation sites excluding steroid dienone is 3. The van der Waals surface area contributed by atoms with E-state index in [0.29, 0.717) is 29.2 Å². The van der Waals surface area contributed by atoms with E-state index in [2.05, 4.69) is 27.0 Å². The summed E-state index contributed by atoms with van der Waals surface area (Å²) in [6, 6.07) is 17.9. The molecule has 6 heteroatoms. The first kappa shape index (κ1) is 17.9. The zero-order valence-electron chi connectivity index (χ0n) is 15.5. The lowest BCUT2D eigenvalue weighted by atomic mass is 9.75. The number of Topliss-reactive ketones (excluding diaryl/α,β-unsaturated/α-hetero) is 1. The van der Waals surface area contributed by atoms with Crippen molar-refractivity contribution in [3.8, 4) is 6.07 Å². The maximum atomic E-state index is 13.1. The van der Waals surface area contributed by atoms with E-state index in [9.17, 15) is 10.1 Å². The van der Waals surface area contributed by atoms with Crippen molar-refractivity contribution >= 4 is 33.2 Å². The third kappa shape index (κ3) is 2.65. The first-order valence-electron chi connectivity index (χ1n) is 9.50. The van der Waals surface area contributed by atoms with Gasteiger partial charge in [-0.25, -0.2) is 4.99 Å². The molecule has 5 nitrogen and oxygen atoms in total. The second-order valence-electron chi connectivity index (χ2n) is 7.32. The molecule has 1 aliphatic carbocycles. The molecule has 2 aliphatic heterocycles. The highest BCUT2D eigenvalue weighted by atomic mass is 79.9. The van der Waals surface area contributed by atoms with E-state index in [-0.39, 0.29) is 5.78 Å². The summed E-state index contributed by atoms with van der Waals surface area (Å²) in [6.07, 6.45) is 2.05. The topological polar surface area (TPSA) is 82.5 Å². The standard InChI is InChI=1S/C23H17BrN4O/c24-14-10-8-13(9-11-14)20-16(12-25)23-27-22(26)15-4-1-2-5-17(15)28(23)18-6-3-7-19(29)21(18)20/h1-2,4-5,8-11,20H,3,6-7H2,(H2,26,27)/t20-/m0/s1. The number of aliphatic imine (C=N–C) groups is 1. The third-order valence-electron chi connectivity index (χ3n) is 5.70.